The normalized spacial score (nSPS) is 13.3. The second-order valence-corrected chi connectivity index (χ2v) is 9.89. The third-order valence-corrected chi connectivity index (χ3v) is 7.39. The average Bonchev–Trinajstić information content (AvgIpc) is 3.52. The third kappa shape index (κ3) is 4.84. The number of nitrogens with one attached hydrogen (secondary N) is 2. The molecule has 4 aromatic rings. The number of nitrogens with zero attached hydrogens (tertiary/aromatic N) is 2. The molecule has 0 fully saturated rings. The number of halogens is 1. The fraction of sp³-hybridized carbons (Fsp3) is 0.250. The smallest absolute Gasteiger partial charge is 0.319 e. The van der Waals surface area contributed by atoms with E-state index in [4.69, 9.17) is 11.6 Å². The van der Waals surface area contributed by atoms with Crippen molar-refractivity contribution in [3.8, 4) is 5.75 Å². The number of urea groups is 1. The van der Waals surface area contributed by atoms with Gasteiger partial charge in [0.2, 0.25) is 0 Å². The number of hydrogen-bond donors (Lipinski definition) is 4. The SMILES string of the molecule is Cn1ccc2cc([C@H](CC(=O)O)NC(=O)Nc3c(O)c4c(n(Cc5ccccc5Cl)c3=O)CCC4)ccc21. The van der Waals surface area contributed by atoms with Crippen molar-refractivity contribution in [1.82, 2.24) is 14.5 Å². The lowest BCUT2D eigenvalue weighted by Gasteiger charge is -2.20. The number of carboxylic acids is 1. The van der Waals surface area contributed by atoms with Gasteiger partial charge in [0.15, 0.2) is 5.69 Å². The molecule has 9 nitrogen and oxygen atoms in total. The Hall–Kier alpha value is -4.24. The van der Waals surface area contributed by atoms with E-state index in [9.17, 15) is 24.6 Å². The zero-order valence-corrected chi connectivity index (χ0v) is 21.5. The Kier molecular flexibility index (Phi) is 6.86. The highest BCUT2D eigenvalue weighted by Crippen LogP contribution is 2.34. The third-order valence-electron chi connectivity index (χ3n) is 7.02. The van der Waals surface area contributed by atoms with Crippen LogP contribution >= 0.6 is 11.6 Å². The lowest BCUT2D eigenvalue weighted by atomic mass is 10.0. The van der Waals surface area contributed by atoms with Crippen LogP contribution in [0.25, 0.3) is 10.9 Å². The van der Waals surface area contributed by atoms with Gasteiger partial charge in [-0.1, -0.05) is 35.9 Å². The standard InChI is InChI=1S/C28H27ClN4O5/c1-32-12-11-17-13-16(9-10-22(17)32)21(14-24(34)35)30-28(38)31-25-26(36)19-6-4-8-23(19)33(27(25)37)15-18-5-2-3-7-20(18)29/h2-3,5,7,9-13,21,36H,4,6,8,14-15H2,1H3,(H,34,35)(H2,30,31,38)/t21-/m0/s1. The molecule has 2 amide bonds. The Labute approximate surface area is 223 Å². The van der Waals surface area contributed by atoms with Crippen LogP contribution in [-0.4, -0.2) is 31.3 Å². The summed E-state index contributed by atoms with van der Waals surface area (Å²) in [6.45, 7) is 0.191. The molecule has 38 heavy (non-hydrogen) atoms. The number of aromatic nitrogens is 2. The minimum absolute atomic E-state index is 0.191. The Morgan fingerprint density at radius 1 is 1.13 bits per heavy atom. The molecule has 2 heterocycles. The molecule has 4 N–H and O–H groups in total. The summed E-state index contributed by atoms with van der Waals surface area (Å²) in [7, 11) is 1.91. The maximum absolute atomic E-state index is 13.5. The average molecular weight is 535 g/mol. The molecular weight excluding hydrogens is 508 g/mol. The van der Waals surface area contributed by atoms with Gasteiger partial charge in [-0.2, -0.15) is 0 Å². The molecule has 2 aromatic carbocycles. The predicted octanol–water partition coefficient (Wildman–Crippen LogP) is 4.57. The van der Waals surface area contributed by atoms with Gasteiger partial charge in [0.25, 0.3) is 5.56 Å². The van der Waals surface area contributed by atoms with Crippen LogP contribution in [0.5, 0.6) is 5.75 Å². The summed E-state index contributed by atoms with van der Waals surface area (Å²) in [6, 6.07) is 12.9. The molecule has 0 saturated carbocycles. The van der Waals surface area contributed by atoms with Gasteiger partial charge in [-0.05, 0) is 60.0 Å². The minimum Gasteiger partial charge on any atom is -0.505 e. The summed E-state index contributed by atoms with van der Waals surface area (Å²) in [5, 5.41) is 27.0. The molecule has 0 bridgehead atoms. The summed E-state index contributed by atoms with van der Waals surface area (Å²) < 4.78 is 3.48. The Balaban J connectivity index is 1.45. The Morgan fingerprint density at radius 2 is 1.92 bits per heavy atom. The number of carboxylic acid groups (broad SMARTS) is 1. The van der Waals surface area contributed by atoms with Crippen LogP contribution in [0.3, 0.4) is 0 Å². The van der Waals surface area contributed by atoms with Crippen molar-refractivity contribution in [2.45, 2.75) is 38.3 Å². The second-order valence-electron chi connectivity index (χ2n) is 9.48. The lowest BCUT2D eigenvalue weighted by Crippen LogP contribution is -2.37. The number of pyridine rings is 1. The summed E-state index contributed by atoms with van der Waals surface area (Å²) in [6.07, 6.45) is 3.49. The van der Waals surface area contributed by atoms with E-state index in [0.29, 0.717) is 29.0 Å². The zero-order chi connectivity index (χ0) is 27.0. The summed E-state index contributed by atoms with van der Waals surface area (Å²) >= 11 is 6.33. The molecule has 0 saturated heterocycles. The largest absolute Gasteiger partial charge is 0.505 e. The topological polar surface area (TPSA) is 126 Å². The van der Waals surface area contributed by atoms with Gasteiger partial charge >= 0.3 is 12.0 Å². The first kappa shape index (κ1) is 25.4. The van der Waals surface area contributed by atoms with Crippen LogP contribution in [0, 0.1) is 0 Å². The highest BCUT2D eigenvalue weighted by Gasteiger charge is 2.27. The van der Waals surface area contributed by atoms with E-state index >= 15 is 0 Å². The molecular formula is C28H27ClN4O5. The lowest BCUT2D eigenvalue weighted by molar-refractivity contribution is -0.137. The van der Waals surface area contributed by atoms with Gasteiger partial charge in [0, 0.05) is 35.0 Å². The highest BCUT2D eigenvalue weighted by molar-refractivity contribution is 6.31. The van der Waals surface area contributed by atoms with Crippen LogP contribution < -0.4 is 16.2 Å². The molecule has 1 aliphatic rings. The van der Waals surface area contributed by atoms with Gasteiger partial charge in [-0.15, -0.1) is 0 Å². The van der Waals surface area contributed by atoms with Gasteiger partial charge < -0.3 is 30.0 Å². The fourth-order valence-corrected chi connectivity index (χ4v) is 5.31. The van der Waals surface area contributed by atoms with Crippen LogP contribution in [0.15, 0.2) is 59.5 Å². The van der Waals surface area contributed by atoms with Crippen molar-refractivity contribution >= 4 is 40.2 Å². The molecule has 1 atom stereocenters. The van der Waals surface area contributed by atoms with Gasteiger partial charge in [0.05, 0.1) is 19.0 Å². The molecule has 0 aliphatic heterocycles. The number of anilines is 1. The van der Waals surface area contributed by atoms with Crippen molar-refractivity contribution in [1.29, 1.82) is 0 Å². The number of amides is 2. The van der Waals surface area contributed by atoms with Crippen LogP contribution in [0.1, 0.15) is 41.3 Å². The van der Waals surface area contributed by atoms with Gasteiger partial charge in [-0.25, -0.2) is 4.79 Å². The first-order valence-corrected chi connectivity index (χ1v) is 12.7. The number of fused-ring (bicyclic) bond motifs is 2. The monoisotopic (exact) mass is 534 g/mol. The molecule has 196 valence electrons. The summed E-state index contributed by atoms with van der Waals surface area (Å²) in [5.41, 5.74) is 2.85. The molecule has 1 aliphatic carbocycles. The maximum Gasteiger partial charge on any atom is 0.319 e. The van der Waals surface area contributed by atoms with Crippen molar-refractivity contribution in [2.24, 2.45) is 7.05 Å². The molecule has 5 rings (SSSR count). The van der Waals surface area contributed by atoms with E-state index in [1.54, 1.807) is 18.2 Å². The molecule has 0 radical (unpaired) electrons. The van der Waals surface area contributed by atoms with Crippen molar-refractivity contribution < 1.29 is 19.8 Å². The van der Waals surface area contributed by atoms with Crippen LogP contribution in [0.2, 0.25) is 5.02 Å². The number of aliphatic carboxylic acids is 1. The zero-order valence-electron chi connectivity index (χ0n) is 20.7. The van der Waals surface area contributed by atoms with Crippen LogP contribution in [-0.2, 0) is 31.2 Å². The number of aromatic hydroxyl groups is 1. The quantitative estimate of drug-likeness (QED) is 0.276. The number of hydrogen-bond acceptors (Lipinski definition) is 4. The molecule has 10 heteroatoms. The first-order chi connectivity index (χ1) is 18.2. The fourth-order valence-electron chi connectivity index (χ4n) is 5.12. The van der Waals surface area contributed by atoms with E-state index in [0.717, 1.165) is 28.6 Å². The number of rotatable bonds is 7. The number of benzene rings is 2. The van der Waals surface area contributed by atoms with E-state index < -0.39 is 23.6 Å². The highest BCUT2D eigenvalue weighted by atomic mass is 35.5. The Bertz CT molecular complexity index is 1620. The number of carbonyl (C=O) groups excluding carboxylic acids is 1. The molecule has 0 unspecified atom stereocenters. The maximum atomic E-state index is 13.5. The van der Waals surface area contributed by atoms with Crippen molar-refractivity contribution in [2.75, 3.05) is 5.32 Å². The second kappa shape index (κ2) is 10.3. The number of carbonyl (C=O) groups is 2. The van der Waals surface area contributed by atoms with Gasteiger partial charge in [0.1, 0.15) is 5.75 Å². The molecule has 2 aromatic heterocycles. The van der Waals surface area contributed by atoms with E-state index in [1.807, 2.05) is 48.1 Å². The predicted molar refractivity (Wildman–Crippen MR) is 145 cm³/mol. The first-order valence-electron chi connectivity index (χ1n) is 12.3. The summed E-state index contributed by atoms with van der Waals surface area (Å²) in [5.74, 6) is -1.35. The number of aryl methyl sites for hydroxylation is 1. The van der Waals surface area contributed by atoms with Crippen LogP contribution in [0.4, 0.5) is 10.5 Å². The Morgan fingerprint density at radius 3 is 2.68 bits per heavy atom. The van der Waals surface area contributed by atoms with E-state index in [-0.39, 0.29) is 24.4 Å². The van der Waals surface area contributed by atoms with E-state index in [2.05, 4.69) is 10.6 Å². The van der Waals surface area contributed by atoms with E-state index in [1.165, 1.54) is 4.57 Å². The van der Waals surface area contributed by atoms with Crippen molar-refractivity contribution in [3.63, 3.8) is 0 Å². The summed E-state index contributed by atoms with van der Waals surface area (Å²) in [4.78, 5) is 38.2. The molecule has 0 spiro atoms. The van der Waals surface area contributed by atoms with Gasteiger partial charge in [-0.3, -0.25) is 9.59 Å². The minimum atomic E-state index is -1.09. The van der Waals surface area contributed by atoms with Crippen molar-refractivity contribution in [3.05, 3.63) is 92.5 Å².